The van der Waals surface area contributed by atoms with E-state index in [0.29, 0.717) is 5.02 Å². The monoisotopic (exact) mass is 186 g/mol. The molecule has 0 aliphatic heterocycles. The number of hydrogen-bond acceptors (Lipinski definition) is 2. The van der Waals surface area contributed by atoms with Gasteiger partial charge in [0.1, 0.15) is 11.9 Å². The van der Waals surface area contributed by atoms with Crippen molar-refractivity contribution in [2.45, 2.75) is 13.0 Å². The van der Waals surface area contributed by atoms with Gasteiger partial charge in [-0.1, -0.05) is 11.6 Å². The summed E-state index contributed by atoms with van der Waals surface area (Å²) in [7, 11) is 0. The molecule has 0 unspecified atom stereocenters. The van der Waals surface area contributed by atoms with Gasteiger partial charge in [-0.3, -0.25) is 0 Å². The predicted molar refractivity (Wildman–Crippen MR) is 48.6 cm³/mol. The maximum Gasteiger partial charge on any atom is 0.119 e. The first kappa shape index (κ1) is 9.36. The van der Waals surface area contributed by atoms with Crippen LogP contribution in [0.25, 0.3) is 0 Å². The number of hydrogen-bond donors (Lipinski definition) is 1. The summed E-state index contributed by atoms with van der Waals surface area (Å²) < 4.78 is 5.31. The van der Waals surface area contributed by atoms with Gasteiger partial charge in [0.2, 0.25) is 0 Å². The van der Waals surface area contributed by atoms with E-state index in [1.807, 2.05) is 0 Å². The molecule has 1 aromatic rings. The molecule has 1 N–H and O–H groups in total. The predicted octanol–water partition coefficient (Wildman–Crippen LogP) is 2.10. The number of benzene rings is 1. The van der Waals surface area contributed by atoms with Crippen LogP contribution in [0.2, 0.25) is 5.02 Å². The molecule has 0 amide bonds. The summed E-state index contributed by atoms with van der Waals surface area (Å²) in [4.78, 5) is 0. The third-order valence-electron chi connectivity index (χ3n) is 1.41. The summed E-state index contributed by atoms with van der Waals surface area (Å²) in [6, 6.07) is 7.05. The Labute approximate surface area is 76.7 Å². The molecule has 0 aliphatic rings. The third kappa shape index (κ3) is 2.72. The Balaban J connectivity index is 2.58. The van der Waals surface area contributed by atoms with Gasteiger partial charge in [0, 0.05) is 5.02 Å². The molecule has 0 fully saturated rings. The highest BCUT2D eigenvalue weighted by Crippen LogP contribution is 2.16. The number of aliphatic hydroxyl groups is 1. The quantitative estimate of drug-likeness (QED) is 0.784. The van der Waals surface area contributed by atoms with Crippen molar-refractivity contribution in [3.05, 3.63) is 29.3 Å². The van der Waals surface area contributed by atoms with Crippen molar-refractivity contribution in [1.82, 2.24) is 0 Å². The number of halogens is 1. The van der Waals surface area contributed by atoms with E-state index in [-0.39, 0.29) is 12.7 Å². The van der Waals surface area contributed by atoms with E-state index in [0.717, 1.165) is 5.75 Å². The molecule has 0 aliphatic carbocycles. The van der Waals surface area contributed by atoms with Crippen molar-refractivity contribution < 1.29 is 9.84 Å². The molecule has 3 heteroatoms. The van der Waals surface area contributed by atoms with Gasteiger partial charge in [-0.25, -0.2) is 0 Å². The molecule has 0 heterocycles. The Morgan fingerprint density at radius 3 is 2.50 bits per heavy atom. The van der Waals surface area contributed by atoms with Gasteiger partial charge >= 0.3 is 0 Å². The topological polar surface area (TPSA) is 29.5 Å². The largest absolute Gasteiger partial charge is 0.488 e. The lowest BCUT2D eigenvalue weighted by Crippen LogP contribution is -2.15. The van der Waals surface area contributed by atoms with E-state index >= 15 is 0 Å². The molecule has 1 rings (SSSR count). The van der Waals surface area contributed by atoms with E-state index in [4.69, 9.17) is 21.4 Å². The smallest absolute Gasteiger partial charge is 0.119 e. The zero-order valence-electron chi connectivity index (χ0n) is 6.83. The average molecular weight is 187 g/mol. The molecule has 0 bridgehead atoms. The molecule has 0 saturated heterocycles. The van der Waals surface area contributed by atoms with E-state index in [1.54, 1.807) is 31.2 Å². The SMILES string of the molecule is C[C@H](CO)Oc1ccc(Cl)cc1. The van der Waals surface area contributed by atoms with Gasteiger partial charge in [-0.2, -0.15) is 0 Å². The standard InChI is InChI=1S/C9H11ClO2/c1-7(6-11)12-9-4-2-8(10)3-5-9/h2-5,7,11H,6H2,1H3/t7-/m1/s1. The van der Waals surface area contributed by atoms with Crippen LogP contribution in [-0.4, -0.2) is 17.8 Å². The maximum absolute atomic E-state index is 8.70. The van der Waals surface area contributed by atoms with Crippen molar-refractivity contribution >= 4 is 11.6 Å². The Hall–Kier alpha value is -0.730. The lowest BCUT2D eigenvalue weighted by Gasteiger charge is -2.11. The second kappa shape index (κ2) is 4.33. The first-order valence-corrected chi connectivity index (χ1v) is 4.13. The van der Waals surface area contributed by atoms with Gasteiger partial charge in [0.25, 0.3) is 0 Å². The lowest BCUT2D eigenvalue weighted by molar-refractivity contribution is 0.130. The molecular weight excluding hydrogens is 176 g/mol. The molecule has 0 aromatic heterocycles. The van der Waals surface area contributed by atoms with Crippen molar-refractivity contribution in [2.24, 2.45) is 0 Å². The van der Waals surface area contributed by atoms with Crippen LogP contribution in [0, 0.1) is 0 Å². The minimum Gasteiger partial charge on any atom is -0.488 e. The summed E-state index contributed by atoms with van der Waals surface area (Å²) in [6.07, 6.45) is -0.175. The second-order valence-corrected chi connectivity index (χ2v) is 3.00. The van der Waals surface area contributed by atoms with Crippen molar-refractivity contribution in [3.8, 4) is 5.75 Å². The van der Waals surface area contributed by atoms with Crippen LogP contribution in [0.15, 0.2) is 24.3 Å². The minimum absolute atomic E-state index is 0.0165. The van der Waals surface area contributed by atoms with Gasteiger partial charge in [0.15, 0.2) is 0 Å². The Kier molecular flexibility index (Phi) is 3.38. The molecule has 12 heavy (non-hydrogen) atoms. The highest BCUT2D eigenvalue weighted by atomic mass is 35.5. The van der Waals surface area contributed by atoms with Gasteiger partial charge in [-0.15, -0.1) is 0 Å². The van der Waals surface area contributed by atoms with Crippen LogP contribution in [0.5, 0.6) is 5.75 Å². The Bertz CT molecular complexity index is 233. The fraction of sp³-hybridized carbons (Fsp3) is 0.333. The molecular formula is C9H11ClO2. The first-order chi connectivity index (χ1) is 5.72. The van der Waals surface area contributed by atoms with Gasteiger partial charge in [-0.05, 0) is 31.2 Å². The summed E-state index contributed by atoms with van der Waals surface area (Å²) in [6.45, 7) is 1.82. The highest BCUT2D eigenvalue weighted by Gasteiger charge is 2.00. The van der Waals surface area contributed by atoms with Crippen LogP contribution in [0.4, 0.5) is 0 Å². The Morgan fingerprint density at radius 2 is 2.00 bits per heavy atom. The average Bonchev–Trinajstić information content (AvgIpc) is 2.09. The van der Waals surface area contributed by atoms with Crippen LogP contribution in [0.1, 0.15) is 6.92 Å². The fourth-order valence-electron chi connectivity index (χ4n) is 0.783. The molecule has 1 atom stereocenters. The summed E-state index contributed by atoms with van der Waals surface area (Å²) >= 11 is 5.68. The summed E-state index contributed by atoms with van der Waals surface area (Å²) in [5, 5.41) is 9.38. The molecule has 0 spiro atoms. The van der Waals surface area contributed by atoms with Crippen LogP contribution in [-0.2, 0) is 0 Å². The zero-order valence-corrected chi connectivity index (χ0v) is 7.58. The summed E-state index contributed by atoms with van der Waals surface area (Å²) in [5.41, 5.74) is 0. The van der Waals surface area contributed by atoms with Crippen LogP contribution in [0.3, 0.4) is 0 Å². The Morgan fingerprint density at radius 1 is 1.42 bits per heavy atom. The minimum atomic E-state index is -0.175. The van der Waals surface area contributed by atoms with E-state index in [2.05, 4.69) is 0 Å². The van der Waals surface area contributed by atoms with E-state index < -0.39 is 0 Å². The fourth-order valence-corrected chi connectivity index (χ4v) is 0.909. The third-order valence-corrected chi connectivity index (χ3v) is 1.66. The van der Waals surface area contributed by atoms with E-state index in [1.165, 1.54) is 0 Å². The van der Waals surface area contributed by atoms with Crippen LogP contribution < -0.4 is 4.74 Å². The van der Waals surface area contributed by atoms with Crippen molar-refractivity contribution in [2.75, 3.05) is 6.61 Å². The molecule has 0 radical (unpaired) electrons. The number of aliphatic hydroxyl groups excluding tert-OH is 1. The lowest BCUT2D eigenvalue weighted by atomic mass is 10.3. The maximum atomic E-state index is 8.70. The van der Waals surface area contributed by atoms with Gasteiger partial charge < -0.3 is 9.84 Å². The van der Waals surface area contributed by atoms with E-state index in [9.17, 15) is 0 Å². The van der Waals surface area contributed by atoms with Crippen molar-refractivity contribution in [1.29, 1.82) is 0 Å². The highest BCUT2D eigenvalue weighted by molar-refractivity contribution is 6.30. The normalized spacial score (nSPS) is 12.6. The summed E-state index contributed by atoms with van der Waals surface area (Å²) in [5.74, 6) is 0.723. The number of ether oxygens (including phenoxy) is 1. The van der Waals surface area contributed by atoms with Crippen LogP contribution >= 0.6 is 11.6 Å². The first-order valence-electron chi connectivity index (χ1n) is 3.75. The molecule has 66 valence electrons. The second-order valence-electron chi connectivity index (χ2n) is 2.56. The van der Waals surface area contributed by atoms with Crippen molar-refractivity contribution in [3.63, 3.8) is 0 Å². The molecule has 2 nitrogen and oxygen atoms in total. The van der Waals surface area contributed by atoms with Gasteiger partial charge in [0.05, 0.1) is 6.61 Å². The molecule has 0 saturated carbocycles. The number of rotatable bonds is 3. The zero-order chi connectivity index (χ0) is 8.97. The molecule has 1 aromatic carbocycles.